The fraction of sp³-hybridized carbons (Fsp3) is 0.0556. The summed E-state index contributed by atoms with van der Waals surface area (Å²) in [5.74, 6) is -0.736. The van der Waals surface area contributed by atoms with E-state index in [4.69, 9.17) is 0 Å². The molecule has 0 spiro atoms. The predicted octanol–water partition coefficient (Wildman–Crippen LogP) is 3.53. The summed E-state index contributed by atoms with van der Waals surface area (Å²) in [5, 5.41) is 9.41. The molecule has 2 aromatic carbocycles. The van der Waals surface area contributed by atoms with Crippen molar-refractivity contribution in [1.29, 1.82) is 0 Å². The Morgan fingerprint density at radius 3 is 2.82 bits per heavy atom. The molecule has 3 heterocycles. The van der Waals surface area contributed by atoms with Crippen molar-refractivity contribution in [3.63, 3.8) is 0 Å². The first-order chi connectivity index (χ1) is 13.5. The molecule has 0 unspecified atom stereocenters. The Bertz CT molecular complexity index is 1180. The third-order valence-electron chi connectivity index (χ3n) is 4.18. The number of ether oxygens (including phenoxy) is 2. The van der Waals surface area contributed by atoms with Gasteiger partial charge >= 0.3 is 6.29 Å². The molecular formula is C18H11F2N5O3. The number of benzene rings is 2. The minimum Gasteiger partial charge on any atom is -0.395 e. The van der Waals surface area contributed by atoms with E-state index < -0.39 is 12.2 Å². The zero-order valence-corrected chi connectivity index (χ0v) is 14.0. The van der Waals surface area contributed by atoms with E-state index in [2.05, 4.69) is 35.0 Å². The highest BCUT2D eigenvalue weighted by molar-refractivity contribution is 6.08. The lowest BCUT2D eigenvalue weighted by molar-refractivity contribution is -0.286. The number of nitrogens with one attached hydrogen (secondary N) is 3. The maximum atomic E-state index is 13.3. The Balaban J connectivity index is 1.47. The average Bonchev–Trinajstić information content (AvgIpc) is 3.35. The Morgan fingerprint density at radius 2 is 1.96 bits per heavy atom. The number of halogens is 2. The molecule has 0 atom stereocenters. The Kier molecular flexibility index (Phi) is 3.35. The molecule has 8 nitrogen and oxygen atoms in total. The second-order valence-corrected chi connectivity index (χ2v) is 6.00. The molecule has 0 bridgehead atoms. The third-order valence-corrected chi connectivity index (χ3v) is 4.18. The number of H-pyrrole nitrogens is 2. The smallest absolute Gasteiger partial charge is 0.395 e. The van der Waals surface area contributed by atoms with Gasteiger partial charge in [-0.15, -0.1) is 8.78 Å². The first-order valence-corrected chi connectivity index (χ1v) is 8.19. The van der Waals surface area contributed by atoms with Crippen molar-refractivity contribution in [1.82, 2.24) is 20.2 Å². The van der Waals surface area contributed by atoms with Gasteiger partial charge in [-0.3, -0.25) is 9.89 Å². The van der Waals surface area contributed by atoms with E-state index in [0.29, 0.717) is 17.2 Å². The van der Waals surface area contributed by atoms with Gasteiger partial charge in [0.05, 0.1) is 22.3 Å². The van der Waals surface area contributed by atoms with Crippen LogP contribution < -0.4 is 14.8 Å². The number of carbonyl (C=O) groups is 1. The number of nitrogens with zero attached hydrogens (tertiary/aromatic N) is 2. The summed E-state index contributed by atoms with van der Waals surface area (Å²) in [6.07, 6.45) is -2.34. The highest BCUT2D eigenvalue weighted by atomic mass is 19.3. The van der Waals surface area contributed by atoms with Gasteiger partial charge in [0.2, 0.25) is 0 Å². The van der Waals surface area contributed by atoms with Crippen molar-refractivity contribution in [2.45, 2.75) is 6.29 Å². The molecule has 0 saturated heterocycles. The molecule has 1 amide bonds. The number of imidazole rings is 1. The Labute approximate surface area is 155 Å². The number of aromatic nitrogens is 4. The van der Waals surface area contributed by atoms with Crippen molar-refractivity contribution >= 4 is 22.6 Å². The summed E-state index contributed by atoms with van der Waals surface area (Å²) < 4.78 is 35.5. The van der Waals surface area contributed by atoms with Crippen LogP contribution in [0.15, 0.2) is 48.7 Å². The normalized spacial score (nSPS) is 14.4. The van der Waals surface area contributed by atoms with E-state index in [1.807, 2.05) is 24.3 Å². The van der Waals surface area contributed by atoms with Crippen molar-refractivity contribution in [3.05, 3.63) is 54.2 Å². The lowest BCUT2D eigenvalue weighted by atomic mass is 10.1. The van der Waals surface area contributed by atoms with E-state index in [0.717, 1.165) is 11.0 Å². The second-order valence-electron chi connectivity index (χ2n) is 6.00. The van der Waals surface area contributed by atoms with Crippen LogP contribution in [0.4, 0.5) is 14.5 Å². The van der Waals surface area contributed by atoms with Crippen LogP contribution in [0.5, 0.6) is 11.5 Å². The number of para-hydroxylation sites is 3. The molecule has 140 valence electrons. The third kappa shape index (κ3) is 2.62. The SMILES string of the molecule is O=C(Nc1c[nH]nc1-c1nc2ccccc2[nH]1)c1cccc2c1OC(F)(F)O2. The number of fused-ring (bicyclic) bond motifs is 2. The topological polar surface area (TPSA) is 105 Å². The van der Waals surface area contributed by atoms with Crippen molar-refractivity contribution < 1.29 is 23.0 Å². The van der Waals surface area contributed by atoms with Gasteiger partial charge in [0, 0.05) is 6.20 Å². The highest BCUT2D eigenvalue weighted by Gasteiger charge is 2.45. The van der Waals surface area contributed by atoms with Gasteiger partial charge in [-0.05, 0) is 24.3 Å². The molecule has 2 aromatic heterocycles. The van der Waals surface area contributed by atoms with Gasteiger partial charge in [-0.25, -0.2) is 4.98 Å². The number of rotatable bonds is 3. The molecule has 0 aliphatic carbocycles. The summed E-state index contributed by atoms with van der Waals surface area (Å²) in [4.78, 5) is 20.2. The number of carbonyl (C=O) groups excluding carboxylic acids is 1. The molecule has 5 rings (SSSR count). The van der Waals surface area contributed by atoms with Crippen molar-refractivity contribution in [3.8, 4) is 23.0 Å². The van der Waals surface area contributed by atoms with Crippen molar-refractivity contribution in [2.75, 3.05) is 5.32 Å². The molecule has 1 aliphatic rings. The van der Waals surface area contributed by atoms with Crippen LogP contribution in [0.25, 0.3) is 22.6 Å². The Morgan fingerprint density at radius 1 is 1.11 bits per heavy atom. The first-order valence-electron chi connectivity index (χ1n) is 8.19. The summed E-state index contributed by atoms with van der Waals surface area (Å²) in [5.41, 5.74) is 2.16. The van der Waals surface area contributed by atoms with Gasteiger partial charge < -0.3 is 19.8 Å². The van der Waals surface area contributed by atoms with E-state index in [1.54, 1.807) is 0 Å². The lowest BCUT2D eigenvalue weighted by Crippen LogP contribution is -2.26. The second kappa shape index (κ2) is 5.78. The van der Waals surface area contributed by atoms with Crippen LogP contribution in [0.1, 0.15) is 10.4 Å². The maximum Gasteiger partial charge on any atom is 0.586 e. The molecule has 1 aliphatic heterocycles. The number of anilines is 1. The summed E-state index contributed by atoms with van der Waals surface area (Å²) in [6.45, 7) is 0. The van der Waals surface area contributed by atoms with E-state index in [9.17, 15) is 13.6 Å². The van der Waals surface area contributed by atoms with Gasteiger partial charge in [0.15, 0.2) is 23.0 Å². The summed E-state index contributed by atoms with van der Waals surface area (Å²) in [7, 11) is 0. The molecule has 0 radical (unpaired) electrons. The monoisotopic (exact) mass is 383 g/mol. The number of hydrogen-bond donors (Lipinski definition) is 3. The molecule has 0 saturated carbocycles. The fourth-order valence-electron chi connectivity index (χ4n) is 2.97. The highest BCUT2D eigenvalue weighted by Crippen LogP contribution is 2.43. The molecule has 0 fully saturated rings. The number of hydrogen-bond acceptors (Lipinski definition) is 5. The van der Waals surface area contributed by atoms with E-state index in [1.165, 1.54) is 24.4 Å². The fourth-order valence-corrected chi connectivity index (χ4v) is 2.97. The zero-order valence-electron chi connectivity index (χ0n) is 14.0. The van der Waals surface area contributed by atoms with Crippen LogP contribution in [0, 0.1) is 0 Å². The van der Waals surface area contributed by atoms with Gasteiger partial charge in [-0.1, -0.05) is 18.2 Å². The van der Waals surface area contributed by atoms with Crippen LogP contribution in [-0.2, 0) is 0 Å². The average molecular weight is 383 g/mol. The van der Waals surface area contributed by atoms with Crippen LogP contribution in [0.3, 0.4) is 0 Å². The molecule has 3 N–H and O–H groups in total. The van der Waals surface area contributed by atoms with Gasteiger partial charge in [0.1, 0.15) is 0 Å². The summed E-state index contributed by atoms with van der Waals surface area (Å²) >= 11 is 0. The number of alkyl halides is 2. The first kappa shape index (κ1) is 16.2. The zero-order chi connectivity index (χ0) is 19.3. The van der Waals surface area contributed by atoms with Gasteiger partial charge in [-0.2, -0.15) is 5.10 Å². The summed E-state index contributed by atoms with van der Waals surface area (Å²) in [6, 6.07) is 11.5. The molecular weight excluding hydrogens is 372 g/mol. The number of aromatic amines is 2. The largest absolute Gasteiger partial charge is 0.586 e. The molecule has 4 aromatic rings. The Hall–Kier alpha value is -3.95. The van der Waals surface area contributed by atoms with Crippen LogP contribution in [-0.4, -0.2) is 32.4 Å². The standard InChI is InChI=1S/C18H11F2N5O3/c19-18(20)27-13-7-3-4-9(15(13)28-18)17(26)24-12-8-21-25-14(12)16-22-10-5-1-2-6-11(10)23-16/h1-8H,(H,21,25)(H,22,23)(H,24,26). The van der Waals surface area contributed by atoms with Crippen molar-refractivity contribution in [2.24, 2.45) is 0 Å². The quantitative estimate of drug-likeness (QED) is 0.502. The number of amides is 1. The minimum absolute atomic E-state index is 0.0913. The minimum atomic E-state index is -3.81. The van der Waals surface area contributed by atoms with E-state index in [-0.39, 0.29) is 17.1 Å². The van der Waals surface area contributed by atoms with E-state index >= 15 is 0 Å². The lowest BCUT2D eigenvalue weighted by Gasteiger charge is -2.07. The molecule has 10 heteroatoms. The molecule has 28 heavy (non-hydrogen) atoms. The maximum absolute atomic E-state index is 13.3. The van der Waals surface area contributed by atoms with Crippen LogP contribution >= 0.6 is 0 Å². The predicted molar refractivity (Wildman–Crippen MR) is 94.3 cm³/mol. The van der Waals surface area contributed by atoms with Gasteiger partial charge in [0.25, 0.3) is 5.91 Å². The van der Waals surface area contributed by atoms with Crippen LogP contribution in [0.2, 0.25) is 0 Å².